The SMILES string of the molecule is COc1c(C)cc(-c2cnc3[nH]cc(C(=O)c4cccc(NS(=O)(=O)N(C)c5cncs5)c4C)c3c2)cc1C. The third kappa shape index (κ3) is 4.86. The molecular formula is C28H27N5O4S2. The summed E-state index contributed by atoms with van der Waals surface area (Å²) in [5.74, 6) is 0.603. The topological polar surface area (TPSA) is 117 Å². The van der Waals surface area contributed by atoms with Crippen LogP contribution in [-0.4, -0.2) is 43.3 Å². The van der Waals surface area contributed by atoms with Gasteiger partial charge in [-0.3, -0.25) is 14.5 Å². The fourth-order valence-electron chi connectivity index (χ4n) is 4.62. The molecular weight excluding hydrogens is 534 g/mol. The second kappa shape index (κ2) is 10.2. The molecule has 0 amide bonds. The van der Waals surface area contributed by atoms with Gasteiger partial charge in [0.15, 0.2) is 5.78 Å². The van der Waals surface area contributed by atoms with Gasteiger partial charge < -0.3 is 9.72 Å². The van der Waals surface area contributed by atoms with Crippen LogP contribution in [0.2, 0.25) is 0 Å². The predicted octanol–water partition coefficient (Wildman–Crippen LogP) is 5.64. The third-order valence-corrected chi connectivity index (χ3v) is 9.04. The number of fused-ring (bicyclic) bond motifs is 1. The molecule has 0 radical (unpaired) electrons. The predicted molar refractivity (Wildman–Crippen MR) is 155 cm³/mol. The van der Waals surface area contributed by atoms with Gasteiger partial charge in [0.05, 0.1) is 24.5 Å². The highest BCUT2D eigenvalue weighted by Gasteiger charge is 2.23. The van der Waals surface area contributed by atoms with Crippen molar-refractivity contribution >= 4 is 49.1 Å². The summed E-state index contributed by atoms with van der Waals surface area (Å²) in [6.45, 7) is 5.70. The molecule has 0 aliphatic heterocycles. The first-order valence-electron chi connectivity index (χ1n) is 12.0. The molecule has 0 atom stereocenters. The second-order valence-electron chi connectivity index (χ2n) is 9.19. The van der Waals surface area contributed by atoms with E-state index in [9.17, 15) is 13.2 Å². The van der Waals surface area contributed by atoms with Crippen LogP contribution in [0.1, 0.15) is 32.6 Å². The number of methoxy groups -OCH3 is 1. The first kappa shape index (κ1) is 26.4. The van der Waals surface area contributed by atoms with Crippen molar-refractivity contribution in [1.82, 2.24) is 15.0 Å². The van der Waals surface area contributed by atoms with Gasteiger partial charge in [-0.2, -0.15) is 8.42 Å². The summed E-state index contributed by atoms with van der Waals surface area (Å²) in [5.41, 5.74) is 7.68. The first-order chi connectivity index (χ1) is 18.6. The van der Waals surface area contributed by atoms with E-state index in [4.69, 9.17) is 4.74 Å². The fourth-order valence-corrected chi connectivity index (χ4v) is 6.46. The Morgan fingerprint density at radius 1 is 1.05 bits per heavy atom. The van der Waals surface area contributed by atoms with Gasteiger partial charge in [0.25, 0.3) is 0 Å². The van der Waals surface area contributed by atoms with E-state index in [1.807, 2.05) is 32.0 Å². The fraction of sp³-hybridized carbons (Fsp3) is 0.179. The highest BCUT2D eigenvalue weighted by Crippen LogP contribution is 2.33. The molecule has 0 aliphatic rings. The zero-order valence-electron chi connectivity index (χ0n) is 22.1. The molecule has 0 fully saturated rings. The van der Waals surface area contributed by atoms with Crippen LogP contribution < -0.4 is 13.8 Å². The van der Waals surface area contributed by atoms with E-state index in [0.29, 0.717) is 38.4 Å². The standard InChI is InChI=1S/C28H27N5O4S2/c1-16-9-19(10-17(2)27(16)37-5)20-11-22-23(13-31-28(22)30-12-20)26(34)21-7-6-8-24(18(21)3)32-39(35,36)33(4)25-14-29-15-38-25/h6-15,32H,1-5H3,(H,30,31). The van der Waals surface area contributed by atoms with E-state index in [1.54, 1.807) is 50.1 Å². The number of benzene rings is 2. The van der Waals surface area contributed by atoms with Crippen LogP contribution in [0.25, 0.3) is 22.2 Å². The molecule has 2 N–H and O–H groups in total. The number of nitrogens with one attached hydrogen (secondary N) is 2. The average Bonchev–Trinajstić information content (AvgIpc) is 3.59. The van der Waals surface area contributed by atoms with Crippen LogP contribution in [0.4, 0.5) is 10.7 Å². The molecule has 3 aromatic heterocycles. The van der Waals surface area contributed by atoms with Crippen molar-refractivity contribution in [3.8, 4) is 16.9 Å². The van der Waals surface area contributed by atoms with Gasteiger partial charge in [-0.15, -0.1) is 11.3 Å². The first-order valence-corrected chi connectivity index (χ1v) is 14.3. The smallest absolute Gasteiger partial charge is 0.324 e. The monoisotopic (exact) mass is 561 g/mol. The van der Waals surface area contributed by atoms with Crippen molar-refractivity contribution in [3.63, 3.8) is 0 Å². The third-order valence-electron chi connectivity index (χ3n) is 6.68. The highest BCUT2D eigenvalue weighted by molar-refractivity contribution is 7.94. The molecule has 11 heteroatoms. The highest BCUT2D eigenvalue weighted by atomic mass is 32.2. The number of aryl methyl sites for hydroxylation is 2. The van der Waals surface area contributed by atoms with Crippen LogP contribution in [0.15, 0.2) is 60.5 Å². The lowest BCUT2D eigenvalue weighted by Gasteiger charge is -2.19. The summed E-state index contributed by atoms with van der Waals surface area (Å²) >= 11 is 1.21. The minimum absolute atomic E-state index is 0.239. The van der Waals surface area contributed by atoms with Crippen LogP contribution in [0, 0.1) is 20.8 Å². The van der Waals surface area contributed by atoms with Crippen molar-refractivity contribution < 1.29 is 17.9 Å². The lowest BCUT2D eigenvalue weighted by atomic mass is 9.96. The molecule has 0 saturated heterocycles. The molecule has 200 valence electrons. The normalized spacial score (nSPS) is 11.5. The quantitative estimate of drug-likeness (QED) is 0.237. The second-order valence-corrected chi connectivity index (χ2v) is 11.8. The van der Waals surface area contributed by atoms with E-state index in [2.05, 4.69) is 19.7 Å². The number of nitrogens with zero attached hydrogens (tertiary/aromatic N) is 3. The van der Waals surface area contributed by atoms with Crippen molar-refractivity contribution in [1.29, 1.82) is 0 Å². The van der Waals surface area contributed by atoms with Crippen LogP contribution in [0.5, 0.6) is 5.75 Å². The summed E-state index contributed by atoms with van der Waals surface area (Å²) in [6, 6.07) is 11.0. The number of ether oxygens (including phenoxy) is 1. The van der Waals surface area contributed by atoms with E-state index in [0.717, 1.165) is 32.3 Å². The van der Waals surface area contributed by atoms with Gasteiger partial charge >= 0.3 is 10.2 Å². The number of thiazole rings is 1. The van der Waals surface area contributed by atoms with Crippen LogP contribution in [-0.2, 0) is 10.2 Å². The van der Waals surface area contributed by atoms with Gasteiger partial charge in [0.2, 0.25) is 0 Å². The van der Waals surface area contributed by atoms with Crippen molar-refractivity contribution in [3.05, 3.63) is 88.3 Å². The molecule has 39 heavy (non-hydrogen) atoms. The van der Waals surface area contributed by atoms with Gasteiger partial charge in [-0.1, -0.05) is 12.1 Å². The molecule has 5 rings (SSSR count). The molecule has 0 spiro atoms. The Labute approximate surface area is 230 Å². The number of H-pyrrole nitrogens is 1. The number of ketones is 1. The minimum atomic E-state index is -3.92. The maximum atomic E-state index is 13.8. The molecule has 0 aliphatic carbocycles. The lowest BCUT2D eigenvalue weighted by Crippen LogP contribution is -2.32. The Morgan fingerprint density at radius 2 is 1.79 bits per heavy atom. The number of rotatable bonds is 8. The number of hydrogen-bond donors (Lipinski definition) is 2. The van der Waals surface area contributed by atoms with Crippen LogP contribution in [0.3, 0.4) is 0 Å². The Hall–Kier alpha value is -4.22. The summed E-state index contributed by atoms with van der Waals surface area (Å²) < 4.78 is 35.2. The maximum absolute atomic E-state index is 13.8. The number of hydrogen-bond acceptors (Lipinski definition) is 7. The van der Waals surface area contributed by atoms with Crippen molar-refractivity contribution in [2.24, 2.45) is 0 Å². The molecule has 0 saturated carbocycles. The number of pyridine rings is 1. The molecule has 0 bridgehead atoms. The van der Waals surface area contributed by atoms with Crippen molar-refractivity contribution in [2.45, 2.75) is 20.8 Å². The average molecular weight is 562 g/mol. The zero-order chi connectivity index (χ0) is 27.9. The molecule has 9 nitrogen and oxygen atoms in total. The molecule has 0 unspecified atom stereocenters. The Morgan fingerprint density at radius 3 is 2.46 bits per heavy atom. The lowest BCUT2D eigenvalue weighted by molar-refractivity contribution is 0.103. The van der Waals surface area contributed by atoms with Gasteiger partial charge in [-0.25, -0.2) is 9.29 Å². The van der Waals surface area contributed by atoms with Gasteiger partial charge in [0.1, 0.15) is 16.4 Å². The summed E-state index contributed by atoms with van der Waals surface area (Å²) in [7, 11) is -0.819. The van der Waals surface area contributed by atoms with Crippen molar-refractivity contribution in [2.75, 3.05) is 23.2 Å². The minimum Gasteiger partial charge on any atom is -0.496 e. The largest absolute Gasteiger partial charge is 0.496 e. The Bertz CT molecular complexity index is 1790. The number of carbonyl (C=O) groups excluding carboxylic acids is 1. The van der Waals surface area contributed by atoms with Gasteiger partial charge in [-0.05, 0) is 67.3 Å². The summed E-state index contributed by atoms with van der Waals surface area (Å²) in [6.07, 6.45) is 4.89. The van der Waals surface area contributed by atoms with E-state index in [1.165, 1.54) is 24.6 Å². The number of anilines is 2. The molecule has 3 heterocycles. The number of aromatic amines is 1. The number of aromatic nitrogens is 3. The Balaban J connectivity index is 1.50. The number of carbonyl (C=O) groups is 1. The van der Waals surface area contributed by atoms with Crippen LogP contribution >= 0.6 is 11.3 Å². The zero-order valence-corrected chi connectivity index (χ0v) is 23.7. The van der Waals surface area contributed by atoms with Gasteiger partial charge in [0, 0.05) is 41.5 Å². The van der Waals surface area contributed by atoms with E-state index in [-0.39, 0.29) is 5.78 Å². The Kier molecular flexibility index (Phi) is 6.87. The molecule has 5 aromatic rings. The maximum Gasteiger partial charge on any atom is 0.324 e. The summed E-state index contributed by atoms with van der Waals surface area (Å²) in [4.78, 5) is 25.3. The van der Waals surface area contributed by atoms with E-state index < -0.39 is 10.2 Å². The summed E-state index contributed by atoms with van der Waals surface area (Å²) in [5, 5.41) is 1.15. The molecule has 2 aromatic carbocycles. The van der Waals surface area contributed by atoms with E-state index >= 15 is 0 Å².